The van der Waals surface area contributed by atoms with Crippen LogP contribution in [0.1, 0.15) is 50.4 Å². The molecule has 1 aliphatic rings. The number of rotatable bonds is 11. The molecule has 30 heavy (non-hydrogen) atoms. The van der Waals surface area contributed by atoms with Crippen molar-refractivity contribution < 1.29 is 22.7 Å². The molecule has 9 heteroatoms. The number of ketones is 1. The Balaban J connectivity index is 1.81. The Morgan fingerprint density at radius 2 is 1.57 bits per heavy atom. The first-order chi connectivity index (χ1) is 14.3. The summed E-state index contributed by atoms with van der Waals surface area (Å²) in [6.07, 6.45) is 1.17. The van der Waals surface area contributed by atoms with Crippen molar-refractivity contribution in [2.45, 2.75) is 40.0 Å². The van der Waals surface area contributed by atoms with Crippen LogP contribution in [0.3, 0.4) is 0 Å². The number of carbonyl (C=O) groups excluding carboxylic acids is 2. The molecule has 0 N–H and O–H groups in total. The lowest BCUT2D eigenvalue weighted by Crippen LogP contribution is -2.54. The van der Waals surface area contributed by atoms with Crippen molar-refractivity contribution in [2.75, 3.05) is 45.9 Å². The molecular formula is C21H33N3O5S. The minimum Gasteiger partial charge on any atom is -0.494 e. The Kier molecular flexibility index (Phi) is 9.26. The SMILES string of the molecule is CCCOc1ccc(C(=O)CCC(=O)N2CCN(S(=O)(=O)N(CC)CC)CC2)cc1. The Hall–Kier alpha value is -1.97. The van der Waals surface area contributed by atoms with E-state index in [4.69, 9.17) is 4.74 Å². The fourth-order valence-corrected chi connectivity index (χ4v) is 4.97. The van der Waals surface area contributed by atoms with Gasteiger partial charge in [0, 0.05) is 57.7 Å². The van der Waals surface area contributed by atoms with Gasteiger partial charge in [0.2, 0.25) is 5.91 Å². The summed E-state index contributed by atoms with van der Waals surface area (Å²) < 4.78 is 33.5. The van der Waals surface area contributed by atoms with Crippen LogP contribution in [0.2, 0.25) is 0 Å². The first-order valence-electron chi connectivity index (χ1n) is 10.6. The minimum absolute atomic E-state index is 0.0897. The van der Waals surface area contributed by atoms with Crippen molar-refractivity contribution in [1.82, 2.24) is 13.5 Å². The average Bonchev–Trinajstić information content (AvgIpc) is 2.76. The average molecular weight is 440 g/mol. The summed E-state index contributed by atoms with van der Waals surface area (Å²) >= 11 is 0. The van der Waals surface area contributed by atoms with E-state index in [-0.39, 0.29) is 37.6 Å². The van der Waals surface area contributed by atoms with Gasteiger partial charge in [-0.25, -0.2) is 0 Å². The van der Waals surface area contributed by atoms with Gasteiger partial charge in [-0.2, -0.15) is 17.0 Å². The lowest BCUT2D eigenvalue weighted by molar-refractivity contribution is -0.132. The molecule has 1 aromatic carbocycles. The molecule has 0 saturated carbocycles. The number of Topliss-reactive ketones (excluding diaryl/α,β-unsaturated/α-hetero) is 1. The van der Waals surface area contributed by atoms with E-state index in [2.05, 4.69) is 0 Å². The highest BCUT2D eigenvalue weighted by Crippen LogP contribution is 2.16. The van der Waals surface area contributed by atoms with Gasteiger partial charge in [0.25, 0.3) is 10.2 Å². The van der Waals surface area contributed by atoms with Crippen molar-refractivity contribution in [3.63, 3.8) is 0 Å². The third-order valence-corrected chi connectivity index (χ3v) is 7.35. The van der Waals surface area contributed by atoms with Crippen molar-refractivity contribution in [3.8, 4) is 5.75 Å². The predicted octanol–water partition coefficient (Wildman–Crippen LogP) is 2.17. The van der Waals surface area contributed by atoms with Gasteiger partial charge in [0.15, 0.2) is 5.78 Å². The Bertz CT molecular complexity index is 798. The topological polar surface area (TPSA) is 87.2 Å². The lowest BCUT2D eigenvalue weighted by Gasteiger charge is -2.36. The molecule has 2 rings (SSSR count). The highest BCUT2D eigenvalue weighted by atomic mass is 32.2. The summed E-state index contributed by atoms with van der Waals surface area (Å²) in [6.45, 7) is 8.36. The van der Waals surface area contributed by atoms with Crippen LogP contribution in [-0.2, 0) is 15.0 Å². The Labute approximate surface area is 180 Å². The molecule has 0 unspecified atom stereocenters. The van der Waals surface area contributed by atoms with Crippen LogP contribution >= 0.6 is 0 Å². The molecule has 1 saturated heterocycles. The van der Waals surface area contributed by atoms with Crippen LogP contribution in [0.15, 0.2) is 24.3 Å². The first-order valence-corrected chi connectivity index (χ1v) is 12.0. The standard InChI is InChI=1S/C21H33N3O5S/c1-4-17-29-19-9-7-18(8-10-19)20(25)11-12-21(26)22-13-15-24(16-14-22)30(27,28)23(5-2)6-3/h7-10H,4-6,11-17H2,1-3H3. The van der Waals surface area contributed by atoms with E-state index >= 15 is 0 Å². The van der Waals surface area contributed by atoms with Crippen molar-refractivity contribution in [3.05, 3.63) is 29.8 Å². The second-order valence-electron chi connectivity index (χ2n) is 7.17. The minimum atomic E-state index is -3.48. The molecule has 1 fully saturated rings. The lowest BCUT2D eigenvalue weighted by atomic mass is 10.1. The highest BCUT2D eigenvalue weighted by molar-refractivity contribution is 7.86. The Morgan fingerprint density at radius 3 is 2.10 bits per heavy atom. The Morgan fingerprint density at radius 1 is 0.967 bits per heavy atom. The molecule has 0 radical (unpaired) electrons. The second kappa shape index (κ2) is 11.4. The van der Waals surface area contributed by atoms with Crippen molar-refractivity contribution in [2.24, 2.45) is 0 Å². The molecule has 8 nitrogen and oxygen atoms in total. The zero-order valence-corrected chi connectivity index (χ0v) is 19.0. The quantitative estimate of drug-likeness (QED) is 0.493. The van der Waals surface area contributed by atoms with Gasteiger partial charge in [-0.1, -0.05) is 20.8 Å². The molecule has 1 aliphatic heterocycles. The summed E-state index contributed by atoms with van der Waals surface area (Å²) in [5, 5.41) is 0. The van der Waals surface area contributed by atoms with Gasteiger partial charge >= 0.3 is 0 Å². The number of hydrogen-bond donors (Lipinski definition) is 0. The predicted molar refractivity (Wildman–Crippen MR) is 116 cm³/mol. The third-order valence-electron chi connectivity index (χ3n) is 5.16. The zero-order chi connectivity index (χ0) is 22.1. The second-order valence-corrected chi connectivity index (χ2v) is 9.10. The summed E-state index contributed by atoms with van der Waals surface area (Å²) in [7, 11) is -3.48. The monoisotopic (exact) mass is 439 g/mol. The third kappa shape index (κ3) is 6.26. The molecule has 0 aliphatic carbocycles. The van der Waals surface area contributed by atoms with Gasteiger partial charge in [-0.3, -0.25) is 9.59 Å². The molecule has 0 bridgehead atoms. The molecule has 1 aromatic rings. The van der Waals surface area contributed by atoms with E-state index < -0.39 is 10.2 Å². The maximum atomic E-state index is 12.6. The van der Waals surface area contributed by atoms with Gasteiger partial charge in [-0.05, 0) is 30.7 Å². The maximum Gasteiger partial charge on any atom is 0.282 e. The molecule has 0 aromatic heterocycles. The number of carbonyl (C=O) groups is 2. The molecule has 168 valence electrons. The molecule has 1 amide bonds. The van der Waals surface area contributed by atoms with E-state index in [0.717, 1.165) is 12.2 Å². The van der Waals surface area contributed by atoms with E-state index in [0.29, 0.717) is 38.3 Å². The van der Waals surface area contributed by atoms with Crippen LogP contribution in [0.25, 0.3) is 0 Å². The van der Waals surface area contributed by atoms with Crippen LogP contribution in [0, 0.1) is 0 Å². The molecular weight excluding hydrogens is 406 g/mol. The van der Waals surface area contributed by atoms with E-state index in [1.54, 1.807) is 29.2 Å². The highest BCUT2D eigenvalue weighted by Gasteiger charge is 2.32. The zero-order valence-electron chi connectivity index (χ0n) is 18.2. The number of piperazine rings is 1. The fraction of sp³-hybridized carbons (Fsp3) is 0.619. The number of amides is 1. The molecule has 0 spiro atoms. The molecule has 1 heterocycles. The van der Waals surface area contributed by atoms with Crippen molar-refractivity contribution in [1.29, 1.82) is 0 Å². The van der Waals surface area contributed by atoms with E-state index in [1.807, 2.05) is 20.8 Å². The van der Waals surface area contributed by atoms with Crippen LogP contribution < -0.4 is 4.74 Å². The molecule has 0 atom stereocenters. The van der Waals surface area contributed by atoms with Crippen LogP contribution in [0.4, 0.5) is 0 Å². The maximum absolute atomic E-state index is 12.6. The van der Waals surface area contributed by atoms with Gasteiger partial charge in [0.1, 0.15) is 5.75 Å². The summed E-state index contributed by atoms with van der Waals surface area (Å²) in [6, 6.07) is 6.96. The largest absolute Gasteiger partial charge is 0.494 e. The van der Waals surface area contributed by atoms with Crippen LogP contribution in [0.5, 0.6) is 5.75 Å². The first kappa shape index (κ1) is 24.3. The van der Waals surface area contributed by atoms with E-state index in [9.17, 15) is 18.0 Å². The normalized spacial score (nSPS) is 15.4. The number of nitrogens with zero attached hydrogens (tertiary/aromatic N) is 3. The summed E-state index contributed by atoms with van der Waals surface area (Å²) in [4.78, 5) is 26.5. The summed E-state index contributed by atoms with van der Waals surface area (Å²) in [5.74, 6) is 0.515. The van der Waals surface area contributed by atoms with Gasteiger partial charge < -0.3 is 9.64 Å². The van der Waals surface area contributed by atoms with Gasteiger partial charge in [-0.15, -0.1) is 0 Å². The van der Waals surface area contributed by atoms with Gasteiger partial charge in [0.05, 0.1) is 6.61 Å². The number of benzene rings is 1. The number of ether oxygens (including phenoxy) is 1. The number of hydrogen-bond acceptors (Lipinski definition) is 5. The smallest absolute Gasteiger partial charge is 0.282 e. The van der Waals surface area contributed by atoms with Crippen molar-refractivity contribution >= 4 is 21.9 Å². The van der Waals surface area contributed by atoms with Crippen LogP contribution in [-0.4, -0.2) is 79.5 Å². The van der Waals surface area contributed by atoms with E-state index in [1.165, 1.54) is 8.61 Å². The summed E-state index contributed by atoms with van der Waals surface area (Å²) in [5.41, 5.74) is 0.557. The fourth-order valence-electron chi connectivity index (χ4n) is 3.36.